The van der Waals surface area contributed by atoms with E-state index < -0.39 is 0 Å². The van der Waals surface area contributed by atoms with Crippen LogP contribution in [0.25, 0.3) is 0 Å². The molecule has 0 aromatic carbocycles. The van der Waals surface area contributed by atoms with Gasteiger partial charge in [0.05, 0.1) is 6.61 Å². The standard InChI is InChI=1S/C11H22N2O/c1-9(2)11(5)14-8-6-7-13(12)10(3)4/h10H,1,5-8,12H2,2-4H3. The number of nitrogens with two attached hydrogens (primary N) is 1. The molecular weight excluding hydrogens is 176 g/mol. The minimum absolute atomic E-state index is 0.374. The Bertz CT molecular complexity index is 199. The lowest BCUT2D eigenvalue weighted by Crippen LogP contribution is -2.38. The van der Waals surface area contributed by atoms with Crippen LogP contribution in [0.15, 0.2) is 24.5 Å². The second-order valence-corrected chi connectivity index (χ2v) is 3.74. The Morgan fingerprint density at radius 2 is 2.00 bits per heavy atom. The molecule has 3 heteroatoms. The predicted molar refractivity (Wildman–Crippen MR) is 60.6 cm³/mol. The van der Waals surface area contributed by atoms with Crippen molar-refractivity contribution in [3.05, 3.63) is 24.5 Å². The van der Waals surface area contributed by atoms with E-state index in [0.29, 0.717) is 18.4 Å². The Labute approximate surface area is 87.2 Å². The zero-order valence-electron chi connectivity index (χ0n) is 9.55. The summed E-state index contributed by atoms with van der Waals surface area (Å²) in [4.78, 5) is 0. The van der Waals surface area contributed by atoms with Crippen LogP contribution in [0.2, 0.25) is 0 Å². The minimum atomic E-state index is 0.374. The van der Waals surface area contributed by atoms with Crippen LogP contribution >= 0.6 is 0 Å². The van der Waals surface area contributed by atoms with E-state index >= 15 is 0 Å². The molecule has 2 N–H and O–H groups in total. The molecule has 3 nitrogen and oxygen atoms in total. The maximum Gasteiger partial charge on any atom is 0.114 e. The third kappa shape index (κ3) is 5.78. The Balaban J connectivity index is 3.47. The van der Waals surface area contributed by atoms with E-state index in [1.165, 1.54) is 0 Å². The lowest BCUT2D eigenvalue weighted by molar-refractivity contribution is 0.172. The summed E-state index contributed by atoms with van der Waals surface area (Å²) in [5.41, 5.74) is 0.874. The van der Waals surface area contributed by atoms with Crippen LogP contribution in [0.5, 0.6) is 0 Å². The Hall–Kier alpha value is -0.800. The summed E-state index contributed by atoms with van der Waals surface area (Å²) in [6, 6.07) is 0.374. The van der Waals surface area contributed by atoms with Gasteiger partial charge in [-0.3, -0.25) is 5.84 Å². The van der Waals surface area contributed by atoms with Gasteiger partial charge in [0.1, 0.15) is 5.76 Å². The highest BCUT2D eigenvalue weighted by atomic mass is 16.5. The fourth-order valence-corrected chi connectivity index (χ4v) is 0.824. The zero-order chi connectivity index (χ0) is 11.1. The van der Waals surface area contributed by atoms with Crippen molar-refractivity contribution in [3.63, 3.8) is 0 Å². The smallest absolute Gasteiger partial charge is 0.114 e. The molecule has 0 unspecified atom stereocenters. The molecule has 0 atom stereocenters. The van der Waals surface area contributed by atoms with Crippen molar-refractivity contribution in [1.82, 2.24) is 5.01 Å². The van der Waals surface area contributed by atoms with Gasteiger partial charge >= 0.3 is 0 Å². The highest BCUT2D eigenvalue weighted by Gasteiger charge is 2.03. The summed E-state index contributed by atoms with van der Waals surface area (Å²) in [5.74, 6) is 6.40. The molecule has 82 valence electrons. The summed E-state index contributed by atoms with van der Waals surface area (Å²) in [6.07, 6.45) is 0.904. The van der Waals surface area contributed by atoms with Crippen molar-refractivity contribution in [1.29, 1.82) is 0 Å². The first-order chi connectivity index (χ1) is 6.45. The Morgan fingerprint density at radius 3 is 2.43 bits per heavy atom. The highest BCUT2D eigenvalue weighted by molar-refractivity contribution is 5.15. The van der Waals surface area contributed by atoms with E-state index in [4.69, 9.17) is 10.6 Å². The quantitative estimate of drug-likeness (QED) is 0.224. The van der Waals surface area contributed by atoms with E-state index in [-0.39, 0.29) is 0 Å². The van der Waals surface area contributed by atoms with Crippen molar-refractivity contribution < 1.29 is 4.74 Å². The van der Waals surface area contributed by atoms with Crippen molar-refractivity contribution in [2.24, 2.45) is 5.84 Å². The monoisotopic (exact) mass is 198 g/mol. The largest absolute Gasteiger partial charge is 0.494 e. The van der Waals surface area contributed by atoms with Gasteiger partial charge in [-0.1, -0.05) is 13.2 Å². The lowest BCUT2D eigenvalue weighted by atomic mass is 10.3. The molecule has 0 aromatic heterocycles. The van der Waals surface area contributed by atoms with Gasteiger partial charge in [-0.2, -0.15) is 0 Å². The van der Waals surface area contributed by atoms with Crippen LogP contribution in [-0.4, -0.2) is 24.2 Å². The van der Waals surface area contributed by atoms with E-state index in [0.717, 1.165) is 18.5 Å². The normalized spacial score (nSPS) is 10.7. The fourth-order valence-electron chi connectivity index (χ4n) is 0.824. The molecule has 0 aromatic rings. The van der Waals surface area contributed by atoms with Crippen molar-refractivity contribution in [2.45, 2.75) is 33.2 Å². The van der Waals surface area contributed by atoms with Gasteiger partial charge in [0.25, 0.3) is 0 Å². The molecule has 0 rings (SSSR count). The third-order valence-corrected chi connectivity index (χ3v) is 1.98. The first-order valence-corrected chi connectivity index (χ1v) is 4.94. The number of nitrogens with zero attached hydrogens (tertiary/aromatic N) is 1. The number of hydrogen-bond acceptors (Lipinski definition) is 3. The van der Waals surface area contributed by atoms with Crippen LogP contribution in [0.3, 0.4) is 0 Å². The average Bonchev–Trinajstić information content (AvgIpc) is 2.11. The van der Waals surface area contributed by atoms with Crippen molar-refractivity contribution in [2.75, 3.05) is 13.2 Å². The van der Waals surface area contributed by atoms with E-state index in [1.807, 2.05) is 6.92 Å². The van der Waals surface area contributed by atoms with Crippen LogP contribution in [0, 0.1) is 0 Å². The van der Waals surface area contributed by atoms with Crippen LogP contribution in [-0.2, 0) is 4.74 Å². The molecule has 0 amide bonds. The molecule has 0 bridgehead atoms. The van der Waals surface area contributed by atoms with Gasteiger partial charge in [0.2, 0.25) is 0 Å². The first kappa shape index (κ1) is 13.2. The molecule has 0 aliphatic rings. The summed E-state index contributed by atoms with van der Waals surface area (Å²) in [6.45, 7) is 15.0. The van der Waals surface area contributed by atoms with E-state index in [9.17, 15) is 0 Å². The maximum absolute atomic E-state index is 5.73. The van der Waals surface area contributed by atoms with E-state index in [1.54, 1.807) is 5.01 Å². The summed E-state index contributed by atoms with van der Waals surface area (Å²) in [7, 11) is 0. The Morgan fingerprint density at radius 1 is 1.43 bits per heavy atom. The van der Waals surface area contributed by atoms with Gasteiger partial charge < -0.3 is 4.74 Å². The second-order valence-electron chi connectivity index (χ2n) is 3.74. The SMILES string of the molecule is C=C(C)C(=C)OCCCN(N)C(C)C. The van der Waals surface area contributed by atoms with E-state index in [2.05, 4.69) is 27.0 Å². The number of rotatable bonds is 7. The molecule has 0 saturated heterocycles. The van der Waals surface area contributed by atoms with Crippen LogP contribution < -0.4 is 5.84 Å². The van der Waals surface area contributed by atoms with Gasteiger partial charge in [-0.25, -0.2) is 5.01 Å². The molecule has 0 fully saturated rings. The molecule has 0 aliphatic carbocycles. The molecule has 14 heavy (non-hydrogen) atoms. The number of ether oxygens (including phenoxy) is 1. The van der Waals surface area contributed by atoms with Gasteiger partial charge in [-0.15, -0.1) is 0 Å². The van der Waals surface area contributed by atoms with Crippen LogP contribution in [0.4, 0.5) is 0 Å². The summed E-state index contributed by atoms with van der Waals surface area (Å²) in [5, 5.41) is 1.80. The number of allylic oxidation sites excluding steroid dienone is 1. The first-order valence-electron chi connectivity index (χ1n) is 4.94. The lowest BCUT2D eigenvalue weighted by Gasteiger charge is -2.20. The number of hydrogen-bond donors (Lipinski definition) is 1. The molecule has 0 heterocycles. The highest BCUT2D eigenvalue weighted by Crippen LogP contribution is 2.05. The molecule has 0 radical (unpaired) electrons. The van der Waals surface area contributed by atoms with Gasteiger partial charge in [0.15, 0.2) is 0 Å². The molecule has 0 aliphatic heterocycles. The summed E-state index contributed by atoms with van der Waals surface area (Å²) >= 11 is 0. The third-order valence-electron chi connectivity index (χ3n) is 1.98. The fraction of sp³-hybridized carbons (Fsp3) is 0.636. The predicted octanol–water partition coefficient (Wildman–Crippen LogP) is 2.07. The molecular formula is C11H22N2O. The van der Waals surface area contributed by atoms with Crippen LogP contribution in [0.1, 0.15) is 27.2 Å². The Kier molecular flexibility index (Phi) is 6.25. The van der Waals surface area contributed by atoms with Gasteiger partial charge in [-0.05, 0) is 32.8 Å². The van der Waals surface area contributed by atoms with Crippen molar-refractivity contribution >= 4 is 0 Å². The minimum Gasteiger partial charge on any atom is -0.494 e. The zero-order valence-corrected chi connectivity index (χ0v) is 9.55. The second kappa shape index (κ2) is 6.62. The van der Waals surface area contributed by atoms with Crippen molar-refractivity contribution in [3.8, 4) is 0 Å². The summed E-state index contributed by atoms with van der Waals surface area (Å²) < 4.78 is 5.36. The molecule has 0 spiro atoms. The maximum atomic E-state index is 5.73. The topological polar surface area (TPSA) is 38.5 Å². The molecule has 0 saturated carbocycles. The average molecular weight is 198 g/mol. The number of hydrazine groups is 1. The van der Waals surface area contributed by atoms with Gasteiger partial charge in [0, 0.05) is 12.6 Å².